The van der Waals surface area contributed by atoms with E-state index in [1.165, 1.54) is 5.56 Å². The second kappa shape index (κ2) is 9.59. The lowest BCUT2D eigenvalue weighted by Crippen LogP contribution is -2.47. The Hall–Kier alpha value is -3.56. The largest absolute Gasteiger partial charge is 0.491 e. The van der Waals surface area contributed by atoms with Crippen molar-refractivity contribution in [1.29, 1.82) is 0 Å². The molecule has 35 heavy (non-hydrogen) atoms. The summed E-state index contributed by atoms with van der Waals surface area (Å²) in [5.41, 5.74) is 9.53. The van der Waals surface area contributed by atoms with Gasteiger partial charge < -0.3 is 20.4 Å². The number of anilines is 1. The third-order valence-corrected chi connectivity index (χ3v) is 7.13. The van der Waals surface area contributed by atoms with Crippen molar-refractivity contribution in [1.82, 2.24) is 19.9 Å². The van der Waals surface area contributed by atoms with Crippen LogP contribution in [0.1, 0.15) is 34.7 Å². The van der Waals surface area contributed by atoms with Crippen molar-refractivity contribution in [2.24, 2.45) is 5.73 Å². The third kappa shape index (κ3) is 4.33. The normalized spacial score (nSPS) is 15.7. The molecule has 1 aliphatic rings. The molecule has 1 aliphatic heterocycles. The van der Waals surface area contributed by atoms with Crippen molar-refractivity contribution >= 4 is 16.7 Å². The molecule has 1 atom stereocenters. The Labute approximate surface area is 203 Å². The van der Waals surface area contributed by atoms with Crippen molar-refractivity contribution in [3.63, 3.8) is 0 Å². The predicted molar refractivity (Wildman–Crippen MR) is 136 cm³/mol. The van der Waals surface area contributed by atoms with Crippen LogP contribution in [0.15, 0.2) is 46.5 Å². The highest BCUT2D eigenvalue weighted by Crippen LogP contribution is 2.27. The van der Waals surface area contributed by atoms with Crippen molar-refractivity contribution in [2.45, 2.75) is 25.8 Å². The van der Waals surface area contributed by atoms with E-state index in [9.17, 15) is 9.59 Å². The van der Waals surface area contributed by atoms with E-state index in [4.69, 9.17) is 10.5 Å². The molecule has 1 unspecified atom stereocenters. The minimum atomic E-state index is -0.572. The Bertz CT molecular complexity index is 1410. The number of benzene rings is 1. The van der Waals surface area contributed by atoms with E-state index in [2.05, 4.69) is 37.0 Å². The molecule has 2 aromatic heterocycles. The summed E-state index contributed by atoms with van der Waals surface area (Å²) in [5.74, 6) is 1.56. The molecule has 0 aliphatic carbocycles. The Morgan fingerprint density at radius 2 is 1.97 bits per heavy atom. The summed E-state index contributed by atoms with van der Waals surface area (Å²) >= 11 is 0. The minimum absolute atomic E-state index is 0.420. The Morgan fingerprint density at radius 1 is 1.17 bits per heavy atom. The van der Waals surface area contributed by atoms with E-state index in [0.717, 1.165) is 67.8 Å². The molecule has 0 bridgehead atoms. The molecule has 1 fully saturated rings. The van der Waals surface area contributed by atoms with Crippen LogP contribution in [-0.2, 0) is 6.42 Å². The summed E-state index contributed by atoms with van der Waals surface area (Å²) in [5, 5.41) is 1.12. The summed E-state index contributed by atoms with van der Waals surface area (Å²) in [7, 11) is 1.64. The smallest absolute Gasteiger partial charge is 0.231 e. The highest BCUT2D eigenvalue weighted by Gasteiger charge is 2.24. The molecule has 9 nitrogen and oxygen atoms in total. The van der Waals surface area contributed by atoms with Gasteiger partial charge in [0.05, 0.1) is 19.3 Å². The van der Waals surface area contributed by atoms with Gasteiger partial charge in [0.15, 0.2) is 11.6 Å². The number of fused-ring (bicyclic) bond motifs is 1. The Balaban J connectivity index is 1.19. The minimum Gasteiger partial charge on any atom is -0.491 e. The molecule has 5 rings (SSSR count). The lowest BCUT2D eigenvalue weighted by Gasteiger charge is -2.35. The summed E-state index contributed by atoms with van der Waals surface area (Å²) in [6, 6.07) is 5.40. The highest BCUT2D eigenvalue weighted by atomic mass is 16.5. The van der Waals surface area contributed by atoms with Crippen molar-refractivity contribution in [2.75, 3.05) is 44.7 Å². The van der Waals surface area contributed by atoms with E-state index in [0.29, 0.717) is 16.9 Å². The van der Waals surface area contributed by atoms with Gasteiger partial charge in [-0.05, 0) is 49.6 Å². The standard InChI is InChI=1S/C26H30N6O3/c1-16-22(25(34)24(16)33)23(27)17-5-6-20-19(12-17)18(13-29-20)4-3-7-31-8-10-32(11-9-31)26-21(35-2)14-28-15-30-26/h5-6,12-15,23,29H,3-4,7-11,27H2,1-2H3. The topological polar surface area (TPSA) is 117 Å². The number of aromatic nitrogens is 3. The highest BCUT2D eigenvalue weighted by molar-refractivity contribution is 5.84. The second-order valence-corrected chi connectivity index (χ2v) is 9.14. The van der Waals surface area contributed by atoms with Gasteiger partial charge in [0.1, 0.15) is 6.33 Å². The fraction of sp³-hybridized carbons (Fsp3) is 0.385. The molecule has 9 heteroatoms. The number of aryl methyl sites for hydroxylation is 1. The molecular formula is C26H30N6O3. The summed E-state index contributed by atoms with van der Waals surface area (Å²) in [4.78, 5) is 40.1. The number of ether oxygens (including phenoxy) is 1. The molecular weight excluding hydrogens is 444 g/mol. The molecule has 2 aromatic carbocycles. The second-order valence-electron chi connectivity index (χ2n) is 9.14. The fourth-order valence-corrected chi connectivity index (χ4v) is 5.03. The lowest BCUT2D eigenvalue weighted by molar-refractivity contribution is 0.253. The molecule has 0 amide bonds. The maximum Gasteiger partial charge on any atom is 0.231 e. The summed E-state index contributed by atoms with van der Waals surface area (Å²) in [6.07, 6.45) is 7.30. The number of piperazine rings is 1. The average Bonchev–Trinajstić information content (AvgIpc) is 3.31. The van der Waals surface area contributed by atoms with Crippen LogP contribution in [0.3, 0.4) is 0 Å². The van der Waals surface area contributed by atoms with Crippen LogP contribution >= 0.6 is 0 Å². The van der Waals surface area contributed by atoms with Crippen molar-refractivity contribution < 1.29 is 4.74 Å². The molecule has 0 spiro atoms. The average molecular weight is 475 g/mol. The number of nitrogens with two attached hydrogens (primary N) is 1. The first-order valence-electron chi connectivity index (χ1n) is 11.9. The third-order valence-electron chi connectivity index (χ3n) is 7.13. The van der Waals surface area contributed by atoms with E-state index >= 15 is 0 Å². The number of H-pyrrole nitrogens is 1. The van der Waals surface area contributed by atoms with Gasteiger partial charge in [-0.15, -0.1) is 0 Å². The first-order chi connectivity index (χ1) is 17.0. The van der Waals surface area contributed by atoms with Gasteiger partial charge in [0.25, 0.3) is 0 Å². The number of nitrogens with one attached hydrogen (secondary N) is 1. The van der Waals surface area contributed by atoms with E-state index < -0.39 is 16.9 Å². The first kappa shape index (κ1) is 23.2. The number of nitrogens with zero attached hydrogens (tertiary/aromatic N) is 4. The SMILES string of the molecule is COc1cncnc1N1CCN(CCCc2c[nH]c3ccc(C(N)c4c(C)c(=O)c4=O)cc23)CC1. The molecule has 182 valence electrons. The molecule has 4 aromatic rings. The molecule has 3 N–H and O–H groups in total. The van der Waals surface area contributed by atoms with Gasteiger partial charge in [0, 0.05) is 54.4 Å². The predicted octanol–water partition coefficient (Wildman–Crippen LogP) is 1.67. The molecule has 0 radical (unpaired) electrons. The number of hydrogen-bond acceptors (Lipinski definition) is 8. The van der Waals surface area contributed by atoms with Gasteiger partial charge in [-0.3, -0.25) is 14.5 Å². The van der Waals surface area contributed by atoms with Gasteiger partial charge in [-0.1, -0.05) is 6.07 Å². The summed E-state index contributed by atoms with van der Waals surface area (Å²) in [6.45, 7) is 6.44. The zero-order valence-electron chi connectivity index (χ0n) is 20.1. The number of rotatable bonds is 8. The van der Waals surface area contributed by atoms with Crippen molar-refractivity contribution in [3.05, 3.63) is 79.6 Å². The van der Waals surface area contributed by atoms with Crippen LogP contribution in [0, 0.1) is 6.92 Å². The van der Waals surface area contributed by atoms with E-state index in [1.807, 2.05) is 12.1 Å². The van der Waals surface area contributed by atoms with Crippen LogP contribution in [-0.4, -0.2) is 59.7 Å². The van der Waals surface area contributed by atoms with Gasteiger partial charge in [0.2, 0.25) is 10.9 Å². The summed E-state index contributed by atoms with van der Waals surface area (Å²) < 4.78 is 5.40. The van der Waals surface area contributed by atoms with Crippen LogP contribution in [0.2, 0.25) is 0 Å². The van der Waals surface area contributed by atoms with E-state index in [1.54, 1.807) is 26.6 Å². The Morgan fingerprint density at radius 3 is 2.71 bits per heavy atom. The van der Waals surface area contributed by atoms with Crippen molar-refractivity contribution in [3.8, 4) is 5.75 Å². The molecule has 0 saturated carbocycles. The quantitative estimate of drug-likeness (QED) is 0.371. The Kier molecular flexibility index (Phi) is 6.36. The van der Waals surface area contributed by atoms with Crippen LogP contribution in [0.5, 0.6) is 5.75 Å². The fourth-order valence-electron chi connectivity index (χ4n) is 5.03. The van der Waals surface area contributed by atoms with E-state index in [-0.39, 0.29) is 0 Å². The number of methoxy groups -OCH3 is 1. The van der Waals surface area contributed by atoms with Gasteiger partial charge >= 0.3 is 0 Å². The van der Waals surface area contributed by atoms with Crippen LogP contribution in [0.25, 0.3) is 10.9 Å². The van der Waals surface area contributed by atoms with Gasteiger partial charge in [-0.2, -0.15) is 0 Å². The number of hydrogen-bond donors (Lipinski definition) is 2. The number of aromatic amines is 1. The first-order valence-corrected chi connectivity index (χ1v) is 11.9. The zero-order chi connectivity index (χ0) is 24.5. The zero-order valence-corrected chi connectivity index (χ0v) is 20.1. The molecule has 3 heterocycles. The maximum absolute atomic E-state index is 12.0. The maximum atomic E-state index is 12.0. The van der Waals surface area contributed by atoms with Gasteiger partial charge in [-0.25, -0.2) is 9.97 Å². The van der Waals surface area contributed by atoms with Crippen LogP contribution in [0.4, 0.5) is 5.82 Å². The molecule has 1 saturated heterocycles. The monoisotopic (exact) mass is 474 g/mol. The van der Waals surface area contributed by atoms with Crippen LogP contribution < -0.4 is 26.2 Å². The lowest BCUT2D eigenvalue weighted by atomic mass is 9.90.